The Morgan fingerprint density at radius 3 is 2.59 bits per heavy atom. The Bertz CT molecular complexity index is 1160. The number of nitrogens with one attached hydrogen (secondary N) is 1. The fourth-order valence-electron chi connectivity index (χ4n) is 3.10. The van der Waals surface area contributed by atoms with Crippen LogP contribution in [0.25, 0.3) is 16.6 Å². The average Bonchev–Trinajstić information content (AvgIpc) is 3.33. The summed E-state index contributed by atoms with van der Waals surface area (Å²) in [5, 5.41) is 12.2. The molecule has 3 heterocycles. The molecule has 0 saturated heterocycles. The van der Waals surface area contributed by atoms with Gasteiger partial charge in [-0.2, -0.15) is 0 Å². The molecule has 0 aliphatic rings. The Labute approximate surface area is 171 Å². The highest BCUT2D eigenvalue weighted by Crippen LogP contribution is 2.29. The van der Waals surface area contributed by atoms with Gasteiger partial charge in [-0.15, -0.1) is 10.2 Å². The second-order valence-electron chi connectivity index (χ2n) is 6.25. The molecule has 0 fully saturated rings. The number of carbonyl (C=O) groups excluding carboxylic acids is 1. The molecular formula is C20H20N4O4S. The lowest BCUT2D eigenvalue weighted by Gasteiger charge is -2.10. The van der Waals surface area contributed by atoms with Gasteiger partial charge < -0.3 is 19.2 Å². The fourth-order valence-corrected chi connectivity index (χ4v) is 3.84. The normalized spacial score (nSPS) is 11.1. The van der Waals surface area contributed by atoms with Gasteiger partial charge in [-0.3, -0.25) is 9.20 Å². The highest BCUT2D eigenvalue weighted by Gasteiger charge is 2.16. The first-order valence-corrected chi connectivity index (χ1v) is 10.0. The number of furan rings is 1. The van der Waals surface area contributed by atoms with Gasteiger partial charge in [0.15, 0.2) is 5.58 Å². The zero-order chi connectivity index (χ0) is 20.4. The van der Waals surface area contributed by atoms with Gasteiger partial charge in [-0.1, -0.05) is 18.7 Å². The molecule has 9 heteroatoms. The summed E-state index contributed by atoms with van der Waals surface area (Å²) < 4.78 is 18.0. The highest BCUT2D eigenvalue weighted by molar-refractivity contribution is 8.00. The van der Waals surface area contributed by atoms with Crippen LogP contribution in [0.1, 0.15) is 12.7 Å². The number of amides is 1. The van der Waals surface area contributed by atoms with Crippen molar-refractivity contribution in [2.24, 2.45) is 0 Å². The predicted octanol–water partition coefficient (Wildman–Crippen LogP) is 3.79. The first kappa shape index (κ1) is 19.1. The van der Waals surface area contributed by atoms with E-state index in [0.717, 1.165) is 28.9 Å². The number of ether oxygens (including phenoxy) is 2. The molecule has 0 aliphatic carbocycles. The van der Waals surface area contributed by atoms with E-state index in [-0.39, 0.29) is 11.7 Å². The van der Waals surface area contributed by atoms with E-state index >= 15 is 0 Å². The van der Waals surface area contributed by atoms with Crippen LogP contribution >= 0.6 is 11.8 Å². The molecule has 8 nitrogen and oxygen atoms in total. The topological polar surface area (TPSA) is 90.9 Å². The molecular weight excluding hydrogens is 392 g/mol. The number of thioether (sulfide) groups is 1. The molecule has 0 spiro atoms. The van der Waals surface area contributed by atoms with Crippen LogP contribution in [0.15, 0.2) is 46.0 Å². The van der Waals surface area contributed by atoms with Gasteiger partial charge >= 0.3 is 0 Å². The maximum absolute atomic E-state index is 12.5. The Kier molecular flexibility index (Phi) is 5.30. The molecule has 3 aromatic heterocycles. The number of aromatic nitrogens is 3. The molecule has 0 saturated carbocycles. The van der Waals surface area contributed by atoms with Crippen molar-refractivity contribution in [3.05, 3.63) is 42.4 Å². The number of rotatable bonds is 7. The number of carbonyl (C=O) groups is 1. The molecule has 0 aliphatic heterocycles. The lowest BCUT2D eigenvalue weighted by atomic mass is 10.2. The van der Waals surface area contributed by atoms with Gasteiger partial charge in [0, 0.05) is 42.4 Å². The number of methoxy groups -OCH3 is 2. The van der Waals surface area contributed by atoms with E-state index in [1.165, 1.54) is 11.8 Å². The number of nitrogens with zero attached hydrogens (tertiary/aromatic N) is 3. The standard InChI is InChI=1S/C20H20N4O4S/c1-4-18-22-23-20(16-10-17-15(24(16)18)5-6-28-17)29-11-19(25)21-12-7-13(26-2)9-14(8-12)27-3/h5-10H,4,11H2,1-3H3,(H,21,25). The van der Waals surface area contributed by atoms with Crippen molar-refractivity contribution in [2.45, 2.75) is 18.4 Å². The summed E-state index contributed by atoms with van der Waals surface area (Å²) in [6.45, 7) is 2.03. The number of aryl methyl sites for hydroxylation is 1. The lowest BCUT2D eigenvalue weighted by molar-refractivity contribution is -0.113. The smallest absolute Gasteiger partial charge is 0.234 e. The van der Waals surface area contributed by atoms with E-state index in [1.54, 1.807) is 38.7 Å². The van der Waals surface area contributed by atoms with Crippen molar-refractivity contribution in [2.75, 3.05) is 25.3 Å². The molecule has 1 N–H and O–H groups in total. The minimum Gasteiger partial charge on any atom is -0.497 e. The number of fused-ring (bicyclic) bond motifs is 3. The third kappa shape index (κ3) is 3.73. The lowest BCUT2D eigenvalue weighted by Crippen LogP contribution is -2.14. The summed E-state index contributed by atoms with van der Waals surface area (Å²) in [6.07, 6.45) is 2.39. The Balaban J connectivity index is 1.53. The van der Waals surface area contributed by atoms with Crippen LogP contribution in [0.5, 0.6) is 11.5 Å². The van der Waals surface area contributed by atoms with Crippen molar-refractivity contribution in [3.8, 4) is 11.5 Å². The maximum atomic E-state index is 12.5. The van der Waals surface area contributed by atoms with Gasteiger partial charge in [0.1, 0.15) is 22.3 Å². The number of anilines is 1. The van der Waals surface area contributed by atoms with E-state index in [0.29, 0.717) is 22.2 Å². The van der Waals surface area contributed by atoms with Crippen molar-refractivity contribution in [1.29, 1.82) is 0 Å². The summed E-state index contributed by atoms with van der Waals surface area (Å²) in [5.41, 5.74) is 3.20. The Morgan fingerprint density at radius 2 is 1.90 bits per heavy atom. The molecule has 0 unspecified atom stereocenters. The van der Waals surface area contributed by atoms with Crippen LogP contribution in [-0.4, -0.2) is 40.5 Å². The summed E-state index contributed by atoms with van der Waals surface area (Å²) in [7, 11) is 3.13. The molecule has 4 aromatic rings. The van der Waals surface area contributed by atoms with E-state index in [1.807, 2.05) is 23.5 Å². The van der Waals surface area contributed by atoms with Crippen molar-refractivity contribution >= 4 is 40.0 Å². The number of hydrogen-bond acceptors (Lipinski definition) is 7. The molecule has 0 atom stereocenters. The van der Waals surface area contributed by atoms with Crippen molar-refractivity contribution in [1.82, 2.24) is 14.6 Å². The van der Waals surface area contributed by atoms with Gasteiger partial charge in [0.05, 0.1) is 37.3 Å². The van der Waals surface area contributed by atoms with Crippen LogP contribution in [0, 0.1) is 0 Å². The average molecular weight is 412 g/mol. The largest absolute Gasteiger partial charge is 0.497 e. The molecule has 29 heavy (non-hydrogen) atoms. The minimum atomic E-state index is -0.167. The Hall–Kier alpha value is -3.20. The summed E-state index contributed by atoms with van der Waals surface area (Å²) >= 11 is 1.32. The molecule has 4 rings (SSSR count). The Morgan fingerprint density at radius 1 is 1.14 bits per heavy atom. The molecule has 1 aromatic carbocycles. The van der Waals surface area contributed by atoms with E-state index in [9.17, 15) is 4.79 Å². The second kappa shape index (κ2) is 8.04. The van der Waals surface area contributed by atoms with Crippen LogP contribution in [0.4, 0.5) is 5.69 Å². The van der Waals surface area contributed by atoms with Crippen LogP contribution in [0.3, 0.4) is 0 Å². The van der Waals surface area contributed by atoms with E-state index in [2.05, 4.69) is 15.5 Å². The monoisotopic (exact) mass is 412 g/mol. The molecule has 0 radical (unpaired) electrons. The van der Waals surface area contributed by atoms with E-state index in [4.69, 9.17) is 13.9 Å². The summed E-state index contributed by atoms with van der Waals surface area (Å²) in [5.74, 6) is 2.06. The first-order valence-electron chi connectivity index (χ1n) is 9.03. The quantitative estimate of drug-likeness (QED) is 0.462. The second-order valence-corrected chi connectivity index (χ2v) is 7.21. The zero-order valence-electron chi connectivity index (χ0n) is 16.3. The van der Waals surface area contributed by atoms with Gasteiger partial charge in [-0.05, 0) is 0 Å². The summed E-state index contributed by atoms with van der Waals surface area (Å²) in [4.78, 5) is 12.5. The van der Waals surface area contributed by atoms with Crippen LogP contribution in [0.2, 0.25) is 0 Å². The van der Waals surface area contributed by atoms with Crippen molar-refractivity contribution in [3.63, 3.8) is 0 Å². The summed E-state index contributed by atoms with van der Waals surface area (Å²) in [6, 6.07) is 9.05. The van der Waals surface area contributed by atoms with Gasteiger partial charge in [-0.25, -0.2) is 0 Å². The fraction of sp³-hybridized carbons (Fsp3) is 0.250. The first-order chi connectivity index (χ1) is 14.1. The van der Waals surface area contributed by atoms with E-state index < -0.39 is 0 Å². The van der Waals surface area contributed by atoms with Crippen molar-refractivity contribution < 1.29 is 18.7 Å². The minimum absolute atomic E-state index is 0.167. The maximum Gasteiger partial charge on any atom is 0.234 e. The number of hydrogen-bond donors (Lipinski definition) is 1. The molecule has 0 bridgehead atoms. The van der Waals surface area contributed by atoms with Gasteiger partial charge in [0.2, 0.25) is 5.91 Å². The molecule has 150 valence electrons. The van der Waals surface area contributed by atoms with Gasteiger partial charge in [0.25, 0.3) is 0 Å². The van der Waals surface area contributed by atoms with Crippen LogP contribution < -0.4 is 14.8 Å². The zero-order valence-corrected chi connectivity index (χ0v) is 17.1. The third-order valence-electron chi connectivity index (χ3n) is 4.45. The highest BCUT2D eigenvalue weighted by atomic mass is 32.2. The SMILES string of the molecule is CCc1nnc(SCC(=O)Nc2cc(OC)cc(OC)c2)c2cc3occc3n12. The number of benzene rings is 1. The predicted molar refractivity (Wildman–Crippen MR) is 111 cm³/mol. The van der Waals surface area contributed by atoms with Crippen LogP contribution in [-0.2, 0) is 11.2 Å². The third-order valence-corrected chi connectivity index (χ3v) is 5.42. The molecule has 1 amide bonds.